The summed E-state index contributed by atoms with van der Waals surface area (Å²) in [5.41, 5.74) is 1.02. The minimum atomic E-state index is 0. The topological polar surface area (TPSA) is 50.4 Å². The number of nitrogens with one attached hydrogen (secondary N) is 2. The first-order valence-corrected chi connectivity index (χ1v) is 7.89. The second-order valence-corrected chi connectivity index (χ2v) is 5.97. The first-order chi connectivity index (χ1) is 10.1. The molecule has 0 bridgehead atoms. The van der Waals surface area contributed by atoms with Crippen LogP contribution in [0.4, 0.5) is 0 Å². The molecule has 0 aliphatic heterocycles. The van der Waals surface area contributed by atoms with E-state index in [9.17, 15) is 4.79 Å². The van der Waals surface area contributed by atoms with Gasteiger partial charge < -0.3 is 15.4 Å². The number of aryl methyl sites for hydroxylation is 1. The van der Waals surface area contributed by atoms with Gasteiger partial charge in [-0.3, -0.25) is 4.79 Å². The van der Waals surface area contributed by atoms with Gasteiger partial charge in [-0.05, 0) is 62.4 Å². The molecule has 0 unspecified atom stereocenters. The van der Waals surface area contributed by atoms with Gasteiger partial charge in [0.05, 0.1) is 13.2 Å². The lowest BCUT2D eigenvalue weighted by molar-refractivity contribution is -0.120. The van der Waals surface area contributed by atoms with E-state index in [4.69, 9.17) is 16.3 Å². The Morgan fingerprint density at radius 2 is 2.18 bits per heavy atom. The van der Waals surface area contributed by atoms with E-state index in [-0.39, 0.29) is 18.3 Å². The highest BCUT2D eigenvalue weighted by Crippen LogP contribution is 2.27. The van der Waals surface area contributed by atoms with Crippen LogP contribution in [0.2, 0.25) is 5.02 Å². The largest absolute Gasteiger partial charge is 0.493 e. The Labute approximate surface area is 143 Å². The molecule has 0 atom stereocenters. The Morgan fingerprint density at radius 1 is 1.41 bits per heavy atom. The number of benzene rings is 1. The van der Waals surface area contributed by atoms with Crippen molar-refractivity contribution in [3.8, 4) is 5.75 Å². The van der Waals surface area contributed by atoms with Gasteiger partial charge in [0.25, 0.3) is 0 Å². The van der Waals surface area contributed by atoms with E-state index in [0.717, 1.165) is 30.2 Å². The lowest BCUT2D eigenvalue weighted by Crippen LogP contribution is -2.35. The fourth-order valence-corrected chi connectivity index (χ4v) is 2.26. The van der Waals surface area contributed by atoms with Gasteiger partial charge >= 0.3 is 0 Å². The molecule has 22 heavy (non-hydrogen) atoms. The molecule has 1 saturated carbocycles. The quantitative estimate of drug-likeness (QED) is 0.676. The van der Waals surface area contributed by atoms with Crippen molar-refractivity contribution in [3.05, 3.63) is 28.8 Å². The molecular formula is C16H24Cl2N2O2. The Kier molecular flexibility index (Phi) is 8.61. The maximum Gasteiger partial charge on any atom is 0.233 e. The summed E-state index contributed by atoms with van der Waals surface area (Å²) >= 11 is 5.89. The summed E-state index contributed by atoms with van der Waals surface area (Å²) in [6.07, 6.45) is 3.39. The summed E-state index contributed by atoms with van der Waals surface area (Å²) in [5.74, 6) is 1.70. The molecule has 0 spiro atoms. The lowest BCUT2D eigenvalue weighted by Gasteiger charge is -2.10. The second-order valence-electron chi connectivity index (χ2n) is 5.54. The fraction of sp³-hybridized carbons (Fsp3) is 0.562. The molecule has 1 aliphatic carbocycles. The molecule has 1 aromatic carbocycles. The highest BCUT2D eigenvalue weighted by atomic mass is 35.5. The Hall–Kier alpha value is -0.970. The standard InChI is InChI=1S/C16H23ClN2O2.ClH/c1-12-9-14(17)5-6-15(12)21-8-2-7-19-16(20)11-18-10-13-3-4-13;/h5-6,9,13,18H,2-4,7-8,10-11H2,1H3,(H,19,20);1H. The molecule has 0 saturated heterocycles. The molecule has 4 nitrogen and oxygen atoms in total. The minimum Gasteiger partial charge on any atom is -0.493 e. The summed E-state index contributed by atoms with van der Waals surface area (Å²) in [6.45, 7) is 4.56. The van der Waals surface area contributed by atoms with Crippen LogP contribution in [0.5, 0.6) is 5.75 Å². The van der Waals surface area contributed by atoms with Gasteiger partial charge in [0, 0.05) is 11.6 Å². The van der Waals surface area contributed by atoms with Crippen LogP contribution >= 0.6 is 24.0 Å². The summed E-state index contributed by atoms with van der Waals surface area (Å²) in [6, 6.07) is 5.57. The van der Waals surface area contributed by atoms with E-state index >= 15 is 0 Å². The number of rotatable bonds is 9. The number of ether oxygens (including phenoxy) is 1. The van der Waals surface area contributed by atoms with E-state index in [1.165, 1.54) is 12.8 Å². The van der Waals surface area contributed by atoms with E-state index in [1.807, 2.05) is 25.1 Å². The molecule has 124 valence electrons. The van der Waals surface area contributed by atoms with Gasteiger partial charge in [-0.1, -0.05) is 11.6 Å². The van der Waals surface area contributed by atoms with Crippen LogP contribution in [0.25, 0.3) is 0 Å². The number of hydrogen-bond donors (Lipinski definition) is 2. The fourth-order valence-electron chi connectivity index (χ4n) is 2.03. The monoisotopic (exact) mass is 346 g/mol. The van der Waals surface area contributed by atoms with Crippen LogP contribution in [-0.2, 0) is 4.79 Å². The number of carbonyl (C=O) groups is 1. The maximum atomic E-state index is 11.5. The van der Waals surface area contributed by atoms with E-state index in [1.54, 1.807) is 0 Å². The predicted octanol–water partition coefficient (Wildman–Crippen LogP) is 2.95. The molecule has 1 fully saturated rings. The minimum absolute atomic E-state index is 0. The van der Waals surface area contributed by atoms with Crippen molar-refractivity contribution in [1.82, 2.24) is 10.6 Å². The van der Waals surface area contributed by atoms with E-state index in [2.05, 4.69) is 10.6 Å². The molecule has 2 rings (SSSR count). The zero-order valence-electron chi connectivity index (χ0n) is 12.9. The van der Waals surface area contributed by atoms with Crippen molar-refractivity contribution in [3.63, 3.8) is 0 Å². The molecule has 1 amide bonds. The summed E-state index contributed by atoms with van der Waals surface area (Å²) in [4.78, 5) is 11.5. The van der Waals surface area contributed by atoms with Crippen molar-refractivity contribution in [2.24, 2.45) is 5.92 Å². The Morgan fingerprint density at radius 3 is 2.86 bits per heavy atom. The lowest BCUT2D eigenvalue weighted by atomic mass is 10.2. The highest BCUT2D eigenvalue weighted by molar-refractivity contribution is 6.30. The molecule has 2 N–H and O–H groups in total. The van der Waals surface area contributed by atoms with E-state index < -0.39 is 0 Å². The zero-order chi connectivity index (χ0) is 15.1. The average molecular weight is 347 g/mol. The number of carbonyl (C=O) groups excluding carboxylic acids is 1. The zero-order valence-corrected chi connectivity index (χ0v) is 14.4. The maximum absolute atomic E-state index is 11.5. The summed E-state index contributed by atoms with van der Waals surface area (Å²) in [5, 5.41) is 6.77. The summed E-state index contributed by atoms with van der Waals surface area (Å²) < 4.78 is 5.67. The third-order valence-corrected chi connectivity index (χ3v) is 3.69. The molecule has 0 heterocycles. The van der Waals surface area contributed by atoms with Crippen molar-refractivity contribution in [1.29, 1.82) is 0 Å². The first-order valence-electron chi connectivity index (χ1n) is 7.51. The first kappa shape index (κ1) is 19.1. The van der Waals surface area contributed by atoms with Crippen LogP contribution in [0, 0.1) is 12.8 Å². The molecule has 0 radical (unpaired) electrons. The van der Waals surface area contributed by atoms with E-state index in [0.29, 0.717) is 24.7 Å². The normalized spacial score (nSPS) is 13.4. The number of halogens is 2. The molecule has 1 aromatic rings. The molecular weight excluding hydrogens is 323 g/mol. The van der Waals surface area contributed by atoms with Crippen molar-refractivity contribution >= 4 is 29.9 Å². The third kappa shape index (κ3) is 7.34. The summed E-state index contributed by atoms with van der Waals surface area (Å²) in [7, 11) is 0. The van der Waals surface area contributed by atoms with Crippen LogP contribution in [0.1, 0.15) is 24.8 Å². The Bertz CT molecular complexity index is 479. The third-order valence-electron chi connectivity index (χ3n) is 3.45. The van der Waals surface area contributed by atoms with Gasteiger partial charge in [-0.2, -0.15) is 0 Å². The van der Waals surface area contributed by atoms with Gasteiger partial charge in [-0.15, -0.1) is 12.4 Å². The SMILES string of the molecule is Cc1cc(Cl)ccc1OCCCNC(=O)CNCC1CC1.Cl. The van der Waals surface area contributed by atoms with Crippen LogP contribution in [0.15, 0.2) is 18.2 Å². The average Bonchev–Trinajstić information content (AvgIpc) is 3.25. The molecule has 1 aliphatic rings. The van der Waals surface area contributed by atoms with Crippen molar-refractivity contribution in [2.75, 3.05) is 26.2 Å². The molecule has 0 aromatic heterocycles. The Balaban J connectivity index is 0.00000242. The number of amides is 1. The second kappa shape index (κ2) is 9.93. The van der Waals surface area contributed by atoms with Gasteiger partial charge in [-0.25, -0.2) is 0 Å². The number of hydrogen-bond acceptors (Lipinski definition) is 3. The van der Waals surface area contributed by atoms with Crippen LogP contribution in [-0.4, -0.2) is 32.1 Å². The van der Waals surface area contributed by atoms with Gasteiger partial charge in [0.15, 0.2) is 0 Å². The smallest absolute Gasteiger partial charge is 0.233 e. The van der Waals surface area contributed by atoms with Gasteiger partial charge in [0.2, 0.25) is 5.91 Å². The highest BCUT2D eigenvalue weighted by Gasteiger charge is 2.20. The van der Waals surface area contributed by atoms with Crippen molar-refractivity contribution < 1.29 is 9.53 Å². The van der Waals surface area contributed by atoms with Crippen LogP contribution < -0.4 is 15.4 Å². The molecule has 6 heteroatoms. The predicted molar refractivity (Wildman–Crippen MR) is 92.2 cm³/mol. The van der Waals surface area contributed by atoms with Crippen molar-refractivity contribution in [2.45, 2.75) is 26.2 Å². The van der Waals surface area contributed by atoms with Crippen LogP contribution in [0.3, 0.4) is 0 Å². The van der Waals surface area contributed by atoms with Gasteiger partial charge in [0.1, 0.15) is 5.75 Å².